The number of aromatic amines is 1. The summed E-state index contributed by atoms with van der Waals surface area (Å²) in [6.45, 7) is 2.72. The second kappa shape index (κ2) is 7.13. The Morgan fingerprint density at radius 3 is 2.80 bits per heavy atom. The van der Waals surface area contributed by atoms with Crippen LogP contribution in [-0.4, -0.2) is 23.7 Å². The molecule has 20 heavy (non-hydrogen) atoms. The average Bonchev–Trinajstić information content (AvgIpc) is 2.99. The number of carbonyl (C=O) groups excluding carboxylic acids is 1. The molecule has 0 bridgehead atoms. The topological polar surface area (TPSA) is 66.5 Å². The molecule has 1 aromatic heterocycles. The highest BCUT2D eigenvalue weighted by Crippen LogP contribution is 2.12. The van der Waals surface area contributed by atoms with Gasteiger partial charge in [-0.15, -0.1) is 0 Å². The first-order valence-electron chi connectivity index (χ1n) is 6.49. The number of rotatable bonds is 6. The van der Waals surface area contributed by atoms with Gasteiger partial charge in [-0.25, -0.2) is 5.43 Å². The third-order valence-electron chi connectivity index (χ3n) is 2.58. The van der Waals surface area contributed by atoms with Crippen molar-refractivity contribution in [2.75, 3.05) is 6.61 Å². The van der Waals surface area contributed by atoms with Crippen molar-refractivity contribution in [1.82, 2.24) is 10.4 Å². The molecule has 1 aromatic carbocycles. The van der Waals surface area contributed by atoms with Gasteiger partial charge in [0.2, 0.25) is 0 Å². The lowest BCUT2D eigenvalue weighted by Crippen LogP contribution is -2.17. The van der Waals surface area contributed by atoms with Crippen molar-refractivity contribution in [2.24, 2.45) is 5.10 Å². The summed E-state index contributed by atoms with van der Waals surface area (Å²) < 4.78 is 5.45. The van der Waals surface area contributed by atoms with E-state index in [1.807, 2.05) is 19.1 Å². The van der Waals surface area contributed by atoms with Crippen molar-refractivity contribution in [1.29, 1.82) is 0 Å². The normalized spacial score (nSPS) is 10.7. The molecule has 1 amide bonds. The maximum absolute atomic E-state index is 11.8. The van der Waals surface area contributed by atoms with Crippen LogP contribution in [0.5, 0.6) is 5.75 Å². The Bertz CT molecular complexity index is 559. The van der Waals surface area contributed by atoms with Gasteiger partial charge in [0.05, 0.1) is 18.5 Å². The zero-order valence-electron chi connectivity index (χ0n) is 11.3. The number of ether oxygens (including phenoxy) is 1. The summed E-state index contributed by atoms with van der Waals surface area (Å²) in [4.78, 5) is 14.8. The molecule has 0 atom stereocenters. The molecule has 0 fully saturated rings. The molecule has 2 aromatic rings. The summed E-state index contributed by atoms with van der Waals surface area (Å²) in [7, 11) is 0. The second-order valence-electron chi connectivity index (χ2n) is 4.20. The Balaban J connectivity index is 1.89. The van der Waals surface area contributed by atoms with Crippen LogP contribution in [-0.2, 0) is 0 Å². The standard InChI is InChI=1S/C15H17N3O2/c1-2-10-20-14-7-5-12(6-8-14)15(19)18-17-11-13-4-3-9-16-13/h3-9,11,16H,2,10H2,1H3,(H,18,19)/b17-11-. The number of nitrogens with one attached hydrogen (secondary N) is 2. The van der Waals surface area contributed by atoms with Crippen LogP contribution >= 0.6 is 0 Å². The lowest BCUT2D eigenvalue weighted by molar-refractivity contribution is 0.0955. The summed E-state index contributed by atoms with van der Waals surface area (Å²) in [5.41, 5.74) is 3.84. The number of H-pyrrole nitrogens is 1. The zero-order valence-corrected chi connectivity index (χ0v) is 11.3. The largest absolute Gasteiger partial charge is 0.494 e. The minimum Gasteiger partial charge on any atom is -0.494 e. The predicted octanol–water partition coefficient (Wildman–Crippen LogP) is 2.57. The minimum atomic E-state index is -0.255. The lowest BCUT2D eigenvalue weighted by atomic mass is 10.2. The van der Waals surface area contributed by atoms with Gasteiger partial charge >= 0.3 is 0 Å². The maximum Gasteiger partial charge on any atom is 0.271 e. The van der Waals surface area contributed by atoms with Gasteiger partial charge in [-0.05, 0) is 42.8 Å². The van der Waals surface area contributed by atoms with Gasteiger partial charge in [0.15, 0.2) is 0 Å². The van der Waals surface area contributed by atoms with Gasteiger partial charge in [0.1, 0.15) is 5.75 Å². The molecule has 0 aliphatic carbocycles. The highest BCUT2D eigenvalue weighted by atomic mass is 16.5. The SMILES string of the molecule is CCCOc1ccc(C(=O)N/N=C\c2ccc[nH]2)cc1. The first-order valence-corrected chi connectivity index (χ1v) is 6.49. The van der Waals surface area contributed by atoms with E-state index in [1.54, 1.807) is 36.7 Å². The van der Waals surface area contributed by atoms with E-state index in [-0.39, 0.29) is 5.91 Å². The molecule has 0 aliphatic rings. The van der Waals surface area contributed by atoms with Gasteiger partial charge in [0.25, 0.3) is 5.91 Å². The van der Waals surface area contributed by atoms with Crippen LogP contribution in [0, 0.1) is 0 Å². The first-order chi connectivity index (χ1) is 9.79. The van der Waals surface area contributed by atoms with Crippen molar-refractivity contribution < 1.29 is 9.53 Å². The van der Waals surface area contributed by atoms with Crippen LogP contribution in [0.15, 0.2) is 47.7 Å². The van der Waals surface area contributed by atoms with Crippen molar-refractivity contribution in [3.8, 4) is 5.75 Å². The number of hydrazone groups is 1. The molecule has 5 nitrogen and oxygen atoms in total. The molecule has 0 unspecified atom stereocenters. The van der Waals surface area contributed by atoms with Gasteiger partial charge in [-0.2, -0.15) is 5.10 Å². The Labute approximate surface area is 117 Å². The van der Waals surface area contributed by atoms with Gasteiger partial charge in [0, 0.05) is 11.8 Å². The number of carbonyl (C=O) groups is 1. The smallest absolute Gasteiger partial charge is 0.271 e. The van der Waals surface area contributed by atoms with E-state index >= 15 is 0 Å². The molecule has 2 rings (SSSR count). The third-order valence-corrected chi connectivity index (χ3v) is 2.58. The molecular formula is C15H17N3O2. The van der Waals surface area contributed by atoms with Crippen LogP contribution < -0.4 is 10.2 Å². The molecule has 0 spiro atoms. The summed E-state index contributed by atoms with van der Waals surface area (Å²) in [6.07, 6.45) is 4.30. The fourth-order valence-corrected chi connectivity index (χ4v) is 1.57. The zero-order chi connectivity index (χ0) is 14.2. The van der Waals surface area contributed by atoms with E-state index in [2.05, 4.69) is 15.5 Å². The van der Waals surface area contributed by atoms with Crippen molar-refractivity contribution in [3.05, 3.63) is 53.9 Å². The molecule has 5 heteroatoms. The molecule has 0 radical (unpaired) electrons. The van der Waals surface area contributed by atoms with Crippen molar-refractivity contribution in [3.63, 3.8) is 0 Å². The van der Waals surface area contributed by atoms with E-state index in [0.29, 0.717) is 12.2 Å². The van der Waals surface area contributed by atoms with Crippen LogP contribution in [0.3, 0.4) is 0 Å². The molecule has 2 N–H and O–H groups in total. The number of amides is 1. The Morgan fingerprint density at radius 2 is 2.15 bits per heavy atom. The van der Waals surface area contributed by atoms with E-state index in [9.17, 15) is 4.79 Å². The Morgan fingerprint density at radius 1 is 1.35 bits per heavy atom. The summed E-state index contributed by atoms with van der Waals surface area (Å²) in [6, 6.07) is 10.7. The maximum atomic E-state index is 11.8. The highest BCUT2D eigenvalue weighted by Gasteiger charge is 2.04. The van der Waals surface area contributed by atoms with Crippen LogP contribution in [0.1, 0.15) is 29.4 Å². The number of aromatic nitrogens is 1. The predicted molar refractivity (Wildman–Crippen MR) is 78.1 cm³/mol. The first kappa shape index (κ1) is 13.9. The molecule has 0 saturated heterocycles. The fraction of sp³-hybridized carbons (Fsp3) is 0.200. The number of hydrogen-bond acceptors (Lipinski definition) is 3. The fourth-order valence-electron chi connectivity index (χ4n) is 1.57. The highest BCUT2D eigenvalue weighted by molar-refractivity contribution is 5.94. The van der Waals surface area contributed by atoms with Crippen LogP contribution in [0.4, 0.5) is 0 Å². The lowest BCUT2D eigenvalue weighted by Gasteiger charge is -2.05. The number of hydrogen-bond donors (Lipinski definition) is 2. The number of nitrogens with zero attached hydrogens (tertiary/aromatic N) is 1. The minimum absolute atomic E-state index is 0.255. The number of benzene rings is 1. The Hall–Kier alpha value is -2.56. The van der Waals surface area contributed by atoms with Gasteiger partial charge in [-0.3, -0.25) is 4.79 Å². The summed E-state index contributed by atoms with van der Waals surface area (Å²) in [5, 5.41) is 3.88. The molecule has 0 saturated carbocycles. The van der Waals surface area contributed by atoms with Crippen LogP contribution in [0.25, 0.3) is 0 Å². The van der Waals surface area contributed by atoms with Crippen molar-refractivity contribution >= 4 is 12.1 Å². The summed E-state index contributed by atoms with van der Waals surface area (Å²) in [5.74, 6) is 0.508. The average molecular weight is 271 g/mol. The van der Waals surface area contributed by atoms with E-state index in [4.69, 9.17) is 4.74 Å². The van der Waals surface area contributed by atoms with E-state index < -0.39 is 0 Å². The summed E-state index contributed by atoms with van der Waals surface area (Å²) >= 11 is 0. The van der Waals surface area contributed by atoms with Crippen molar-refractivity contribution in [2.45, 2.75) is 13.3 Å². The van der Waals surface area contributed by atoms with E-state index in [0.717, 1.165) is 17.9 Å². The third kappa shape index (κ3) is 3.98. The van der Waals surface area contributed by atoms with Gasteiger partial charge < -0.3 is 9.72 Å². The molecule has 104 valence electrons. The quantitative estimate of drug-likeness (QED) is 0.626. The second-order valence-corrected chi connectivity index (χ2v) is 4.20. The monoisotopic (exact) mass is 271 g/mol. The van der Waals surface area contributed by atoms with E-state index in [1.165, 1.54) is 0 Å². The molecular weight excluding hydrogens is 254 g/mol. The van der Waals surface area contributed by atoms with Gasteiger partial charge in [-0.1, -0.05) is 6.92 Å². The molecule has 1 heterocycles. The van der Waals surface area contributed by atoms with Crippen LogP contribution in [0.2, 0.25) is 0 Å². The molecule has 0 aliphatic heterocycles. The Kier molecular flexibility index (Phi) is 4.94.